The lowest BCUT2D eigenvalue weighted by molar-refractivity contribution is 0.0692. The Morgan fingerprint density at radius 3 is 3.16 bits per heavy atom. The number of ether oxygens (including phenoxy) is 1. The van der Waals surface area contributed by atoms with Gasteiger partial charge in [-0.1, -0.05) is 6.07 Å². The first kappa shape index (κ1) is 12.0. The van der Waals surface area contributed by atoms with Gasteiger partial charge in [-0.2, -0.15) is 0 Å². The average Bonchev–Trinajstić information content (AvgIpc) is 2.91. The molecule has 0 spiro atoms. The molecule has 0 saturated carbocycles. The summed E-state index contributed by atoms with van der Waals surface area (Å²) in [5.41, 5.74) is 1.03. The van der Waals surface area contributed by atoms with Gasteiger partial charge in [0.2, 0.25) is 0 Å². The molecule has 0 atom stereocenters. The summed E-state index contributed by atoms with van der Waals surface area (Å²) in [6.07, 6.45) is 1.77. The fourth-order valence-corrected chi connectivity index (χ4v) is 2.76. The highest BCUT2D eigenvalue weighted by atomic mass is 32.1. The van der Waals surface area contributed by atoms with E-state index < -0.39 is 5.97 Å². The molecule has 2 aromatic rings. The van der Waals surface area contributed by atoms with Crippen LogP contribution in [0, 0.1) is 0 Å². The molecular weight excluding hydrogens is 264 g/mol. The number of carbonyl (C=O) groups is 1. The molecule has 0 saturated heterocycles. The molecule has 1 aromatic carbocycles. The van der Waals surface area contributed by atoms with Gasteiger partial charge in [0.1, 0.15) is 17.2 Å². The molecule has 1 aromatic heterocycles. The third-order valence-electron chi connectivity index (χ3n) is 2.98. The van der Waals surface area contributed by atoms with Crippen molar-refractivity contribution in [1.82, 2.24) is 4.98 Å². The van der Waals surface area contributed by atoms with Gasteiger partial charge < -0.3 is 14.7 Å². The summed E-state index contributed by atoms with van der Waals surface area (Å²) in [4.78, 5) is 17.5. The second-order valence-corrected chi connectivity index (χ2v) is 5.13. The number of aromatic nitrogens is 1. The molecule has 3 rings (SSSR count). The molecule has 0 fully saturated rings. The predicted molar refractivity (Wildman–Crippen MR) is 72.1 cm³/mol. The van der Waals surface area contributed by atoms with Crippen molar-refractivity contribution < 1.29 is 14.6 Å². The minimum atomic E-state index is -0.965. The topological polar surface area (TPSA) is 62.7 Å². The highest BCUT2D eigenvalue weighted by Gasteiger charge is 2.23. The van der Waals surface area contributed by atoms with Crippen LogP contribution in [0.3, 0.4) is 0 Å². The van der Waals surface area contributed by atoms with Gasteiger partial charge in [0.15, 0.2) is 5.75 Å². The van der Waals surface area contributed by atoms with Gasteiger partial charge in [-0.3, -0.25) is 0 Å². The maximum atomic E-state index is 11.2. The molecule has 0 amide bonds. The van der Waals surface area contributed by atoms with Crippen molar-refractivity contribution >= 4 is 23.0 Å². The van der Waals surface area contributed by atoms with Crippen LogP contribution in [-0.4, -0.2) is 29.2 Å². The van der Waals surface area contributed by atoms with Crippen LogP contribution in [0.15, 0.2) is 29.8 Å². The van der Waals surface area contributed by atoms with Crippen LogP contribution < -0.4 is 9.64 Å². The molecule has 19 heavy (non-hydrogen) atoms. The number of hydrogen-bond donors (Lipinski definition) is 1. The minimum absolute atomic E-state index is 0.210. The van der Waals surface area contributed by atoms with Crippen molar-refractivity contribution in [2.75, 3.05) is 18.1 Å². The van der Waals surface area contributed by atoms with E-state index in [4.69, 9.17) is 4.74 Å². The standard InChI is InChI=1S/C13H12N2O3S/c16-13(17)9-2-1-3-10-12(9)18-6-5-15(10)8-11-14-4-7-19-11/h1-4,7H,5-6,8H2,(H,16,17). The maximum absolute atomic E-state index is 11.2. The van der Waals surface area contributed by atoms with E-state index >= 15 is 0 Å². The van der Waals surface area contributed by atoms with E-state index in [9.17, 15) is 9.90 Å². The lowest BCUT2D eigenvalue weighted by atomic mass is 10.1. The quantitative estimate of drug-likeness (QED) is 0.931. The summed E-state index contributed by atoms with van der Waals surface area (Å²) in [6.45, 7) is 1.90. The summed E-state index contributed by atoms with van der Waals surface area (Å²) in [5, 5.41) is 12.1. The number of thiazole rings is 1. The first-order valence-corrected chi connectivity index (χ1v) is 6.76. The lowest BCUT2D eigenvalue weighted by Gasteiger charge is -2.31. The van der Waals surface area contributed by atoms with Gasteiger partial charge in [-0.05, 0) is 12.1 Å². The van der Waals surface area contributed by atoms with Crippen LogP contribution in [0.2, 0.25) is 0 Å². The first-order valence-electron chi connectivity index (χ1n) is 5.88. The van der Waals surface area contributed by atoms with Crippen LogP contribution in [0.4, 0.5) is 5.69 Å². The summed E-state index contributed by atoms with van der Waals surface area (Å²) in [5.74, 6) is -0.509. The minimum Gasteiger partial charge on any atom is -0.489 e. The van der Waals surface area contributed by atoms with Gasteiger partial charge in [0.25, 0.3) is 0 Å². The molecule has 0 radical (unpaired) electrons. The van der Waals surface area contributed by atoms with Crippen molar-refractivity contribution in [1.29, 1.82) is 0 Å². The Hall–Kier alpha value is -2.08. The Kier molecular flexibility index (Phi) is 3.08. The number of carboxylic acid groups (broad SMARTS) is 1. The number of nitrogens with zero attached hydrogens (tertiary/aromatic N) is 2. The fourth-order valence-electron chi connectivity index (χ4n) is 2.13. The number of carboxylic acids is 1. The molecule has 0 aliphatic carbocycles. The molecule has 2 heterocycles. The maximum Gasteiger partial charge on any atom is 0.339 e. The van der Waals surface area contributed by atoms with Crippen LogP contribution in [0.1, 0.15) is 15.4 Å². The van der Waals surface area contributed by atoms with E-state index in [-0.39, 0.29) is 5.56 Å². The van der Waals surface area contributed by atoms with Gasteiger partial charge >= 0.3 is 5.97 Å². The molecule has 0 unspecified atom stereocenters. The normalized spacial score (nSPS) is 13.8. The highest BCUT2D eigenvalue weighted by molar-refractivity contribution is 7.09. The molecule has 5 nitrogen and oxygen atoms in total. The molecular formula is C13H12N2O3S. The summed E-state index contributed by atoms with van der Waals surface area (Å²) >= 11 is 1.59. The van der Waals surface area contributed by atoms with Crippen LogP contribution >= 0.6 is 11.3 Å². The van der Waals surface area contributed by atoms with E-state index in [0.29, 0.717) is 18.9 Å². The lowest BCUT2D eigenvalue weighted by Crippen LogP contribution is -2.32. The molecule has 1 aliphatic heterocycles. The summed E-state index contributed by atoms with van der Waals surface area (Å²) < 4.78 is 5.53. The third-order valence-corrected chi connectivity index (χ3v) is 3.75. The smallest absolute Gasteiger partial charge is 0.339 e. The number of anilines is 1. The number of hydrogen-bond acceptors (Lipinski definition) is 5. The Balaban J connectivity index is 1.96. The number of para-hydroxylation sites is 1. The van der Waals surface area contributed by atoms with Crippen molar-refractivity contribution in [2.45, 2.75) is 6.54 Å². The van der Waals surface area contributed by atoms with Gasteiger partial charge in [0, 0.05) is 11.6 Å². The van der Waals surface area contributed by atoms with E-state index in [1.165, 1.54) is 0 Å². The molecule has 1 N–H and O–H groups in total. The number of aromatic carboxylic acids is 1. The number of rotatable bonds is 3. The Morgan fingerprint density at radius 2 is 2.42 bits per heavy atom. The van der Waals surface area contributed by atoms with Gasteiger partial charge in [-0.15, -0.1) is 11.3 Å². The SMILES string of the molecule is O=C(O)c1cccc2c1OCCN2Cc1nccs1. The zero-order valence-corrected chi connectivity index (χ0v) is 10.9. The first-order chi connectivity index (χ1) is 9.25. The Bertz CT molecular complexity index is 598. The second kappa shape index (κ2) is 4.89. The molecule has 0 bridgehead atoms. The zero-order valence-electron chi connectivity index (χ0n) is 10.1. The molecule has 1 aliphatic rings. The van der Waals surface area contributed by atoms with E-state index in [0.717, 1.165) is 17.2 Å². The number of benzene rings is 1. The largest absolute Gasteiger partial charge is 0.489 e. The summed E-state index contributed by atoms with van der Waals surface area (Å²) in [7, 11) is 0. The fraction of sp³-hybridized carbons (Fsp3) is 0.231. The van der Waals surface area contributed by atoms with E-state index in [2.05, 4.69) is 9.88 Å². The molecule has 6 heteroatoms. The third kappa shape index (κ3) is 2.26. The molecule has 98 valence electrons. The average molecular weight is 276 g/mol. The predicted octanol–water partition coefficient (Wildman–Crippen LogP) is 2.24. The highest BCUT2D eigenvalue weighted by Crippen LogP contribution is 2.35. The van der Waals surface area contributed by atoms with Gasteiger partial charge in [0.05, 0.1) is 18.8 Å². The van der Waals surface area contributed by atoms with Crippen molar-refractivity contribution in [3.05, 3.63) is 40.3 Å². The Labute approximate surface area is 114 Å². The van der Waals surface area contributed by atoms with E-state index in [1.54, 1.807) is 29.7 Å². The van der Waals surface area contributed by atoms with Crippen LogP contribution in [0.25, 0.3) is 0 Å². The van der Waals surface area contributed by atoms with Crippen molar-refractivity contribution in [3.8, 4) is 5.75 Å². The number of fused-ring (bicyclic) bond motifs is 1. The van der Waals surface area contributed by atoms with Crippen molar-refractivity contribution in [3.63, 3.8) is 0 Å². The van der Waals surface area contributed by atoms with Gasteiger partial charge in [-0.25, -0.2) is 9.78 Å². The van der Waals surface area contributed by atoms with Crippen LogP contribution in [-0.2, 0) is 6.54 Å². The van der Waals surface area contributed by atoms with E-state index in [1.807, 2.05) is 11.4 Å². The summed E-state index contributed by atoms with van der Waals surface area (Å²) in [6, 6.07) is 5.19. The monoisotopic (exact) mass is 276 g/mol. The second-order valence-electron chi connectivity index (χ2n) is 4.15. The van der Waals surface area contributed by atoms with Crippen LogP contribution in [0.5, 0.6) is 5.75 Å². The Morgan fingerprint density at radius 1 is 1.53 bits per heavy atom. The zero-order chi connectivity index (χ0) is 13.2. The van der Waals surface area contributed by atoms with Crippen molar-refractivity contribution in [2.24, 2.45) is 0 Å².